The Morgan fingerprint density at radius 1 is 1.47 bits per heavy atom. The quantitative estimate of drug-likeness (QED) is 0.475. The molecular weight excluding hydrogens is 214 g/mol. The number of aliphatic hydroxyl groups is 1. The van der Waals surface area contributed by atoms with E-state index in [0.29, 0.717) is 5.02 Å². The fourth-order valence-electron chi connectivity index (χ4n) is 1.09. The normalized spacial score (nSPS) is 11.5. The van der Waals surface area contributed by atoms with Crippen LogP contribution in [0, 0.1) is 11.3 Å². The maximum absolute atomic E-state index is 11.0. The fraction of sp³-hybridized carbons (Fsp3) is 0.0909. The van der Waals surface area contributed by atoms with Gasteiger partial charge in [-0.15, -0.1) is 0 Å². The molecule has 0 aromatic heterocycles. The summed E-state index contributed by atoms with van der Waals surface area (Å²) in [6.07, 6.45) is 0. The minimum atomic E-state index is -0.491. The Kier molecular flexibility index (Phi) is 3.48. The van der Waals surface area contributed by atoms with Crippen LogP contribution in [0.2, 0.25) is 5.02 Å². The molecule has 0 spiro atoms. The van der Waals surface area contributed by atoms with Gasteiger partial charge in [0.2, 0.25) is 0 Å². The van der Waals surface area contributed by atoms with E-state index >= 15 is 0 Å². The van der Waals surface area contributed by atoms with Gasteiger partial charge in [0.1, 0.15) is 17.4 Å². The third kappa shape index (κ3) is 2.36. The lowest BCUT2D eigenvalue weighted by Gasteiger charge is -2.03. The van der Waals surface area contributed by atoms with E-state index in [0.717, 1.165) is 0 Å². The van der Waals surface area contributed by atoms with Crippen molar-refractivity contribution in [3.05, 3.63) is 40.4 Å². The third-order valence-electron chi connectivity index (χ3n) is 1.83. The molecule has 0 amide bonds. The minimum Gasteiger partial charge on any atom is -0.506 e. The lowest BCUT2D eigenvalue weighted by molar-refractivity contribution is -0.113. The van der Waals surface area contributed by atoms with E-state index in [9.17, 15) is 9.90 Å². The fourth-order valence-corrected chi connectivity index (χ4v) is 1.31. The molecule has 3 nitrogen and oxygen atoms in total. The number of benzene rings is 1. The van der Waals surface area contributed by atoms with Crippen LogP contribution in [0.3, 0.4) is 0 Å². The highest BCUT2D eigenvalue weighted by Crippen LogP contribution is 2.24. The van der Waals surface area contributed by atoms with Gasteiger partial charge in [-0.25, -0.2) is 0 Å². The number of hydrogen-bond acceptors (Lipinski definition) is 3. The lowest BCUT2D eigenvalue weighted by atomic mass is 10.1. The zero-order valence-electron chi connectivity index (χ0n) is 7.99. The molecule has 0 atom stereocenters. The summed E-state index contributed by atoms with van der Waals surface area (Å²) in [5.41, 5.74) is -0.00554. The van der Waals surface area contributed by atoms with Gasteiger partial charge in [0.05, 0.1) is 5.02 Å². The monoisotopic (exact) mass is 221 g/mol. The molecule has 0 aliphatic heterocycles. The molecule has 0 bridgehead atoms. The number of halogens is 1. The second-order valence-electron chi connectivity index (χ2n) is 2.87. The first-order valence-corrected chi connectivity index (χ1v) is 4.55. The first-order valence-electron chi connectivity index (χ1n) is 4.17. The summed E-state index contributed by atoms with van der Waals surface area (Å²) in [6.45, 7) is 1.21. The Morgan fingerprint density at radius 3 is 2.53 bits per heavy atom. The topological polar surface area (TPSA) is 61.1 Å². The van der Waals surface area contributed by atoms with Gasteiger partial charge < -0.3 is 5.11 Å². The van der Waals surface area contributed by atoms with Crippen LogP contribution in [0.4, 0.5) is 0 Å². The summed E-state index contributed by atoms with van der Waals surface area (Å²) in [5.74, 6) is -0.870. The van der Waals surface area contributed by atoms with Crippen LogP contribution in [-0.4, -0.2) is 10.9 Å². The highest BCUT2D eigenvalue weighted by Gasteiger charge is 2.14. The van der Waals surface area contributed by atoms with Crippen molar-refractivity contribution >= 4 is 23.1 Å². The van der Waals surface area contributed by atoms with Gasteiger partial charge in [0.25, 0.3) is 0 Å². The summed E-state index contributed by atoms with van der Waals surface area (Å²) in [5, 5.41) is 18.7. The molecule has 0 radical (unpaired) electrons. The minimum absolute atomic E-state index is 0.283. The predicted molar refractivity (Wildman–Crippen MR) is 57.3 cm³/mol. The van der Waals surface area contributed by atoms with E-state index in [1.54, 1.807) is 24.3 Å². The molecule has 0 heterocycles. The molecule has 4 heteroatoms. The van der Waals surface area contributed by atoms with Gasteiger partial charge in [0, 0.05) is 12.5 Å². The van der Waals surface area contributed by atoms with Crippen molar-refractivity contribution in [3.63, 3.8) is 0 Å². The van der Waals surface area contributed by atoms with Crippen LogP contribution in [0.5, 0.6) is 0 Å². The van der Waals surface area contributed by atoms with Crippen LogP contribution in [0.15, 0.2) is 29.8 Å². The smallest absolute Gasteiger partial charge is 0.174 e. The van der Waals surface area contributed by atoms with E-state index < -0.39 is 5.78 Å². The average molecular weight is 222 g/mol. The Balaban J connectivity index is 3.37. The zero-order chi connectivity index (χ0) is 11.4. The number of carbonyl (C=O) groups is 1. The summed E-state index contributed by atoms with van der Waals surface area (Å²) in [7, 11) is 0. The molecule has 1 aromatic carbocycles. The summed E-state index contributed by atoms with van der Waals surface area (Å²) >= 11 is 5.81. The predicted octanol–water partition coefficient (Wildman–Crippen LogP) is 2.72. The number of Topliss-reactive ketones (excluding diaryl/α,β-unsaturated/α-hetero) is 1. The molecule has 0 saturated carbocycles. The number of carbonyl (C=O) groups excluding carboxylic acids is 1. The van der Waals surface area contributed by atoms with Crippen molar-refractivity contribution in [3.8, 4) is 6.07 Å². The third-order valence-corrected chi connectivity index (χ3v) is 2.16. The summed E-state index contributed by atoms with van der Waals surface area (Å²) in [4.78, 5) is 11.0. The molecule has 76 valence electrons. The Morgan fingerprint density at radius 2 is 2.07 bits per heavy atom. The van der Waals surface area contributed by atoms with E-state index in [1.165, 1.54) is 13.0 Å². The molecule has 0 fully saturated rings. The second-order valence-corrected chi connectivity index (χ2v) is 3.28. The largest absolute Gasteiger partial charge is 0.506 e. The Labute approximate surface area is 92.2 Å². The first kappa shape index (κ1) is 11.3. The van der Waals surface area contributed by atoms with E-state index in [2.05, 4.69) is 0 Å². The number of hydrogen-bond donors (Lipinski definition) is 1. The van der Waals surface area contributed by atoms with Gasteiger partial charge in [0.15, 0.2) is 5.78 Å². The average Bonchev–Trinajstić information content (AvgIpc) is 2.18. The van der Waals surface area contributed by atoms with Crippen molar-refractivity contribution in [2.75, 3.05) is 0 Å². The van der Waals surface area contributed by atoms with Crippen molar-refractivity contribution in [2.24, 2.45) is 0 Å². The SMILES string of the molecule is CC(=O)/C(C#N)=C(\O)c1ccccc1Cl. The van der Waals surface area contributed by atoms with Crippen LogP contribution in [0.1, 0.15) is 12.5 Å². The summed E-state index contributed by atoms with van der Waals surface area (Å²) in [6, 6.07) is 8.11. The lowest BCUT2D eigenvalue weighted by Crippen LogP contribution is -1.99. The zero-order valence-corrected chi connectivity index (χ0v) is 8.75. The highest BCUT2D eigenvalue weighted by molar-refractivity contribution is 6.32. The van der Waals surface area contributed by atoms with E-state index in [-0.39, 0.29) is 16.9 Å². The van der Waals surface area contributed by atoms with Crippen molar-refractivity contribution in [2.45, 2.75) is 6.92 Å². The van der Waals surface area contributed by atoms with Crippen molar-refractivity contribution < 1.29 is 9.90 Å². The standard InChI is InChI=1S/C11H8ClNO2/c1-7(14)9(6-13)11(15)8-4-2-3-5-10(8)12/h2-5,15H,1H3/b11-9-. The number of allylic oxidation sites excluding steroid dienone is 1. The number of rotatable bonds is 2. The number of nitrogens with zero attached hydrogens (tertiary/aromatic N) is 1. The van der Waals surface area contributed by atoms with E-state index in [1.807, 2.05) is 0 Å². The van der Waals surface area contributed by atoms with Crippen LogP contribution in [0.25, 0.3) is 5.76 Å². The van der Waals surface area contributed by atoms with Crippen LogP contribution in [-0.2, 0) is 4.79 Å². The first-order chi connectivity index (χ1) is 7.07. The van der Waals surface area contributed by atoms with Gasteiger partial charge >= 0.3 is 0 Å². The molecule has 1 rings (SSSR count). The molecular formula is C11H8ClNO2. The van der Waals surface area contributed by atoms with Crippen molar-refractivity contribution in [1.29, 1.82) is 5.26 Å². The van der Waals surface area contributed by atoms with Gasteiger partial charge in [-0.2, -0.15) is 5.26 Å². The molecule has 1 aromatic rings. The molecule has 0 unspecified atom stereocenters. The molecule has 0 aliphatic carbocycles. The summed E-state index contributed by atoms with van der Waals surface area (Å²) < 4.78 is 0. The van der Waals surface area contributed by atoms with Crippen LogP contribution < -0.4 is 0 Å². The maximum atomic E-state index is 11.0. The van der Waals surface area contributed by atoms with Gasteiger partial charge in [-0.05, 0) is 12.1 Å². The number of ketones is 1. The van der Waals surface area contributed by atoms with Crippen molar-refractivity contribution in [1.82, 2.24) is 0 Å². The highest BCUT2D eigenvalue weighted by atomic mass is 35.5. The van der Waals surface area contributed by atoms with Crippen LogP contribution >= 0.6 is 11.6 Å². The maximum Gasteiger partial charge on any atom is 0.174 e. The number of nitriles is 1. The molecule has 0 saturated heterocycles. The molecule has 15 heavy (non-hydrogen) atoms. The Bertz CT molecular complexity index is 472. The van der Waals surface area contributed by atoms with Gasteiger partial charge in [-0.1, -0.05) is 23.7 Å². The second kappa shape index (κ2) is 4.63. The Hall–Kier alpha value is -1.79. The van der Waals surface area contributed by atoms with Gasteiger partial charge in [-0.3, -0.25) is 4.79 Å². The number of aliphatic hydroxyl groups excluding tert-OH is 1. The molecule has 0 aliphatic rings. The molecule has 1 N–H and O–H groups in total. The van der Waals surface area contributed by atoms with E-state index in [4.69, 9.17) is 16.9 Å².